The van der Waals surface area contributed by atoms with Crippen molar-refractivity contribution in [2.45, 2.75) is 11.3 Å². The van der Waals surface area contributed by atoms with Crippen molar-refractivity contribution in [3.8, 4) is 0 Å². The maximum Gasteiger partial charge on any atom is 0.306 e. The molecule has 0 aliphatic carbocycles. The number of esters is 1. The first-order valence-electron chi connectivity index (χ1n) is 4.78. The monoisotopic (exact) mass is 277 g/mol. The van der Waals surface area contributed by atoms with E-state index in [2.05, 4.69) is 9.46 Å². The SMILES string of the molecule is COC(=O)CCNS(=O)(=O)c1ccc(Cl)cc1. The van der Waals surface area contributed by atoms with Crippen molar-refractivity contribution in [3.05, 3.63) is 29.3 Å². The summed E-state index contributed by atoms with van der Waals surface area (Å²) in [5, 5.41) is 0.457. The van der Waals surface area contributed by atoms with Gasteiger partial charge in [-0.05, 0) is 24.3 Å². The van der Waals surface area contributed by atoms with Crippen molar-refractivity contribution in [3.63, 3.8) is 0 Å². The number of benzene rings is 1. The fourth-order valence-corrected chi connectivity index (χ4v) is 2.24. The van der Waals surface area contributed by atoms with E-state index in [1.54, 1.807) is 0 Å². The minimum absolute atomic E-state index is 0.00235. The molecule has 0 saturated heterocycles. The van der Waals surface area contributed by atoms with Crippen LogP contribution in [0.3, 0.4) is 0 Å². The predicted octanol–water partition coefficient (Wildman–Crippen LogP) is 1.18. The zero-order valence-corrected chi connectivity index (χ0v) is 10.7. The molecule has 1 N–H and O–H groups in total. The minimum Gasteiger partial charge on any atom is -0.469 e. The summed E-state index contributed by atoms with van der Waals surface area (Å²) in [6, 6.07) is 5.75. The van der Waals surface area contributed by atoms with Crippen molar-refractivity contribution in [2.24, 2.45) is 0 Å². The first-order chi connectivity index (χ1) is 7.95. The fourth-order valence-electron chi connectivity index (χ4n) is 1.09. The molecule has 0 heterocycles. The topological polar surface area (TPSA) is 72.5 Å². The molecule has 94 valence electrons. The van der Waals surface area contributed by atoms with Crippen molar-refractivity contribution >= 4 is 27.6 Å². The van der Waals surface area contributed by atoms with Crippen LogP contribution < -0.4 is 4.72 Å². The van der Waals surface area contributed by atoms with E-state index in [0.717, 1.165) is 0 Å². The molecule has 0 amide bonds. The van der Waals surface area contributed by atoms with Crippen molar-refractivity contribution < 1.29 is 17.9 Å². The first kappa shape index (κ1) is 14.0. The molecule has 0 spiro atoms. The average molecular weight is 278 g/mol. The summed E-state index contributed by atoms with van der Waals surface area (Å²) < 4.78 is 30.1. The second-order valence-corrected chi connectivity index (χ2v) is 5.38. The summed E-state index contributed by atoms with van der Waals surface area (Å²) in [5.41, 5.74) is 0. The highest BCUT2D eigenvalue weighted by Gasteiger charge is 2.13. The van der Waals surface area contributed by atoms with E-state index in [9.17, 15) is 13.2 Å². The molecular formula is C10H12ClNO4S. The van der Waals surface area contributed by atoms with Crippen LogP contribution in [0, 0.1) is 0 Å². The summed E-state index contributed by atoms with van der Waals surface area (Å²) in [6.07, 6.45) is -0.0106. The number of rotatable bonds is 5. The summed E-state index contributed by atoms with van der Waals surface area (Å²) in [7, 11) is -2.35. The number of ether oxygens (including phenoxy) is 1. The number of hydrogen-bond donors (Lipinski definition) is 1. The number of carbonyl (C=O) groups is 1. The minimum atomic E-state index is -3.60. The third-order valence-electron chi connectivity index (χ3n) is 1.97. The molecule has 1 rings (SSSR count). The zero-order valence-electron chi connectivity index (χ0n) is 9.14. The second kappa shape index (κ2) is 6.00. The van der Waals surface area contributed by atoms with Gasteiger partial charge in [-0.15, -0.1) is 0 Å². The van der Waals surface area contributed by atoms with Crippen LogP contribution in [0.25, 0.3) is 0 Å². The van der Waals surface area contributed by atoms with Gasteiger partial charge in [0.15, 0.2) is 0 Å². The van der Waals surface area contributed by atoms with E-state index in [1.165, 1.54) is 31.4 Å². The maximum atomic E-state index is 11.7. The quantitative estimate of drug-likeness (QED) is 0.821. The Morgan fingerprint density at radius 3 is 2.47 bits per heavy atom. The molecule has 0 aliphatic rings. The van der Waals surface area contributed by atoms with Gasteiger partial charge in [0, 0.05) is 11.6 Å². The lowest BCUT2D eigenvalue weighted by Gasteiger charge is -2.05. The number of nitrogens with one attached hydrogen (secondary N) is 1. The third kappa shape index (κ3) is 4.33. The highest BCUT2D eigenvalue weighted by Crippen LogP contribution is 2.13. The van der Waals surface area contributed by atoms with Gasteiger partial charge >= 0.3 is 5.97 Å². The Morgan fingerprint density at radius 1 is 1.35 bits per heavy atom. The summed E-state index contributed by atoms with van der Waals surface area (Å²) in [5.74, 6) is -0.469. The summed E-state index contributed by atoms with van der Waals surface area (Å²) >= 11 is 5.65. The molecule has 1 aromatic carbocycles. The molecule has 7 heteroatoms. The maximum absolute atomic E-state index is 11.7. The van der Waals surface area contributed by atoms with E-state index in [1.807, 2.05) is 0 Å². The van der Waals surface area contributed by atoms with Crippen LogP contribution in [0.4, 0.5) is 0 Å². The van der Waals surface area contributed by atoms with Crippen LogP contribution >= 0.6 is 11.6 Å². The van der Waals surface area contributed by atoms with Crippen LogP contribution in [0.5, 0.6) is 0 Å². The van der Waals surface area contributed by atoms with Gasteiger partial charge in [0.1, 0.15) is 0 Å². The fraction of sp³-hybridized carbons (Fsp3) is 0.300. The molecule has 0 aromatic heterocycles. The molecule has 0 radical (unpaired) electrons. The van der Waals surface area contributed by atoms with Crippen LogP contribution in [0.15, 0.2) is 29.2 Å². The van der Waals surface area contributed by atoms with E-state index >= 15 is 0 Å². The molecule has 5 nitrogen and oxygen atoms in total. The third-order valence-corrected chi connectivity index (χ3v) is 3.70. The number of sulfonamides is 1. The van der Waals surface area contributed by atoms with E-state index in [-0.39, 0.29) is 17.9 Å². The Labute approximate surface area is 105 Å². The van der Waals surface area contributed by atoms with Crippen LogP contribution in [0.2, 0.25) is 5.02 Å². The largest absolute Gasteiger partial charge is 0.469 e. The summed E-state index contributed by atoms with van der Waals surface area (Å²) in [4.78, 5) is 10.9. The van der Waals surface area contributed by atoms with Gasteiger partial charge in [0.25, 0.3) is 0 Å². The smallest absolute Gasteiger partial charge is 0.306 e. The average Bonchev–Trinajstić information content (AvgIpc) is 2.29. The van der Waals surface area contributed by atoms with E-state index in [0.29, 0.717) is 5.02 Å². The van der Waals surface area contributed by atoms with Gasteiger partial charge in [-0.3, -0.25) is 4.79 Å². The van der Waals surface area contributed by atoms with Gasteiger partial charge in [0.05, 0.1) is 18.4 Å². The Hall–Kier alpha value is -1.11. The van der Waals surface area contributed by atoms with Crippen LogP contribution in [-0.4, -0.2) is 28.0 Å². The van der Waals surface area contributed by atoms with Gasteiger partial charge in [-0.2, -0.15) is 0 Å². The van der Waals surface area contributed by atoms with Gasteiger partial charge in [0.2, 0.25) is 10.0 Å². The molecular weight excluding hydrogens is 266 g/mol. The van der Waals surface area contributed by atoms with Crippen molar-refractivity contribution in [2.75, 3.05) is 13.7 Å². The Balaban J connectivity index is 2.63. The lowest BCUT2D eigenvalue weighted by atomic mass is 10.4. The van der Waals surface area contributed by atoms with Crippen molar-refractivity contribution in [1.82, 2.24) is 4.72 Å². The van der Waals surface area contributed by atoms with Gasteiger partial charge in [-0.25, -0.2) is 13.1 Å². The first-order valence-corrected chi connectivity index (χ1v) is 6.64. The predicted molar refractivity (Wildman–Crippen MR) is 63.3 cm³/mol. The Bertz CT molecular complexity index is 484. The highest BCUT2D eigenvalue weighted by molar-refractivity contribution is 7.89. The molecule has 0 fully saturated rings. The van der Waals surface area contributed by atoms with E-state index in [4.69, 9.17) is 11.6 Å². The zero-order chi connectivity index (χ0) is 12.9. The molecule has 1 aromatic rings. The normalized spacial score (nSPS) is 11.2. The standard InChI is InChI=1S/C10H12ClNO4S/c1-16-10(13)6-7-12-17(14,15)9-4-2-8(11)3-5-9/h2-5,12H,6-7H2,1H3. The van der Waals surface area contributed by atoms with Gasteiger partial charge < -0.3 is 4.74 Å². The number of halogens is 1. The van der Waals surface area contributed by atoms with Gasteiger partial charge in [-0.1, -0.05) is 11.6 Å². The molecule has 0 aliphatic heterocycles. The second-order valence-electron chi connectivity index (χ2n) is 3.18. The number of methoxy groups -OCH3 is 1. The van der Waals surface area contributed by atoms with Crippen LogP contribution in [0.1, 0.15) is 6.42 Å². The van der Waals surface area contributed by atoms with Crippen LogP contribution in [-0.2, 0) is 19.6 Å². The summed E-state index contributed by atoms with van der Waals surface area (Å²) in [6.45, 7) is -0.00235. The molecule has 0 bridgehead atoms. The molecule has 0 unspecified atom stereocenters. The lowest BCUT2D eigenvalue weighted by Crippen LogP contribution is -2.26. The highest BCUT2D eigenvalue weighted by atomic mass is 35.5. The van der Waals surface area contributed by atoms with E-state index < -0.39 is 16.0 Å². The Kier molecular flexibility index (Phi) is 4.92. The Morgan fingerprint density at radius 2 is 1.94 bits per heavy atom. The lowest BCUT2D eigenvalue weighted by molar-refractivity contribution is -0.140. The molecule has 17 heavy (non-hydrogen) atoms. The number of carbonyl (C=O) groups excluding carboxylic acids is 1. The molecule has 0 atom stereocenters. The molecule has 0 saturated carbocycles. The number of hydrogen-bond acceptors (Lipinski definition) is 4. The van der Waals surface area contributed by atoms with Crippen molar-refractivity contribution in [1.29, 1.82) is 0 Å².